The molecule has 0 radical (unpaired) electrons. The Morgan fingerprint density at radius 2 is 1.88 bits per heavy atom. The summed E-state index contributed by atoms with van der Waals surface area (Å²) in [5, 5.41) is 13.0. The van der Waals surface area contributed by atoms with Crippen molar-refractivity contribution in [3.05, 3.63) is 47.5 Å². The molecule has 1 aliphatic heterocycles. The number of fused-ring (bicyclic) bond motifs is 1. The Morgan fingerprint density at radius 3 is 2.64 bits per heavy atom. The van der Waals surface area contributed by atoms with Crippen LogP contribution in [0, 0.1) is 0 Å². The Kier molecular flexibility index (Phi) is 4.95. The molecule has 25 heavy (non-hydrogen) atoms. The number of hydrogen-bond donors (Lipinski definition) is 2. The van der Waals surface area contributed by atoms with Crippen molar-refractivity contribution in [1.82, 2.24) is 5.32 Å². The van der Waals surface area contributed by atoms with Gasteiger partial charge in [0, 0.05) is 12.1 Å². The monoisotopic (exact) mass is 345 g/mol. The number of aliphatic hydroxyl groups excluding tert-OH is 1. The first-order valence-electron chi connectivity index (χ1n) is 7.70. The van der Waals surface area contributed by atoms with Crippen LogP contribution >= 0.6 is 0 Å². The zero-order valence-corrected chi connectivity index (χ0v) is 13.9. The van der Waals surface area contributed by atoms with Crippen molar-refractivity contribution in [3.63, 3.8) is 0 Å². The second kappa shape index (κ2) is 7.31. The molecule has 7 heteroatoms. The fourth-order valence-electron chi connectivity index (χ4n) is 2.51. The number of carbonyl (C=O) groups excluding carboxylic acids is 1. The van der Waals surface area contributed by atoms with E-state index >= 15 is 0 Å². The lowest BCUT2D eigenvalue weighted by Crippen LogP contribution is -2.28. The number of ether oxygens (including phenoxy) is 4. The lowest BCUT2D eigenvalue weighted by molar-refractivity contribution is 0.0915. The van der Waals surface area contributed by atoms with Gasteiger partial charge in [-0.2, -0.15) is 0 Å². The third-order valence-electron chi connectivity index (χ3n) is 3.88. The summed E-state index contributed by atoms with van der Waals surface area (Å²) in [7, 11) is 3.06. The summed E-state index contributed by atoms with van der Waals surface area (Å²) in [4.78, 5) is 12.2. The zero-order chi connectivity index (χ0) is 17.8. The average molecular weight is 345 g/mol. The van der Waals surface area contributed by atoms with Gasteiger partial charge in [0.15, 0.2) is 23.0 Å². The summed E-state index contributed by atoms with van der Waals surface area (Å²) in [6, 6.07) is 10.0. The first-order chi connectivity index (χ1) is 12.1. The van der Waals surface area contributed by atoms with Crippen LogP contribution in [0.1, 0.15) is 22.0 Å². The Bertz CT molecular complexity index is 776. The van der Waals surface area contributed by atoms with Crippen LogP contribution in [0.3, 0.4) is 0 Å². The summed E-state index contributed by atoms with van der Waals surface area (Å²) in [6.45, 7) is 0.210. The van der Waals surface area contributed by atoms with Crippen LogP contribution in [0.4, 0.5) is 0 Å². The van der Waals surface area contributed by atoms with Crippen molar-refractivity contribution in [2.45, 2.75) is 6.10 Å². The lowest BCUT2D eigenvalue weighted by atomic mass is 10.1. The van der Waals surface area contributed by atoms with Crippen molar-refractivity contribution in [2.75, 3.05) is 27.6 Å². The second-order valence-corrected chi connectivity index (χ2v) is 5.41. The molecule has 0 fully saturated rings. The summed E-state index contributed by atoms with van der Waals surface area (Å²) < 4.78 is 20.8. The van der Waals surface area contributed by atoms with Gasteiger partial charge in [0.1, 0.15) is 0 Å². The number of hydrogen-bond acceptors (Lipinski definition) is 6. The van der Waals surface area contributed by atoms with Gasteiger partial charge in [-0.05, 0) is 35.9 Å². The van der Waals surface area contributed by atoms with Crippen LogP contribution in [-0.4, -0.2) is 38.6 Å². The van der Waals surface area contributed by atoms with E-state index in [1.165, 1.54) is 7.11 Å². The average Bonchev–Trinajstić information content (AvgIpc) is 3.12. The molecule has 0 saturated heterocycles. The molecule has 0 unspecified atom stereocenters. The van der Waals surface area contributed by atoms with E-state index in [2.05, 4.69) is 5.32 Å². The maximum Gasteiger partial charge on any atom is 0.251 e. The summed E-state index contributed by atoms with van der Waals surface area (Å²) in [6.07, 6.45) is -0.877. The molecule has 0 spiro atoms. The van der Waals surface area contributed by atoms with Gasteiger partial charge in [0.2, 0.25) is 6.79 Å². The quantitative estimate of drug-likeness (QED) is 0.832. The number of carbonyl (C=O) groups is 1. The SMILES string of the molecule is COc1ccc([C@H](O)CNC(=O)c2ccc3c(c2)OCO3)cc1OC. The summed E-state index contributed by atoms with van der Waals surface area (Å²) >= 11 is 0. The highest BCUT2D eigenvalue weighted by atomic mass is 16.7. The van der Waals surface area contributed by atoms with E-state index in [1.807, 2.05) is 0 Å². The molecule has 2 N–H and O–H groups in total. The molecule has 0 aromatic heterocycles. The van der Waals surface area contributed by atoms with E-state index < -0.39 is 6.10 Å². The molecule has 0 bridgehead atoms. The van der Waals surface area contributed by atoms with Crippen molar-refractivity contribution < 1.29 is 28.8 Å². The molecule has 1 heterocycles. The highest BCUT2D eigenvalue weighted by molar-refractivity contribution is 5.94. The number of rotatable bonds is 6. The Morgan fingerprint density at radius 1 is 1.12 bits per heavy atom. The summed E-state index contributed by atoms with van der Waals surface area (Å²) in [5.74, 6) is 1.93. The van der Waals surface area contributed by atoms with Gasteiger partial charge in [-0.25, -0.2) is 0 Å². The van der Waals surface area contributed by atoms with E-state index in [1.54, 1.807) is 43.5 Å². The van der Waals surface area contributed by atoms with E-state index in [-0.39, 0.29) is 19.2 Å². The van der Waals surface area contributed by atoms with Crippen molar-refractivity contribution in [3.8, 4) is 23.0 Å². The molecular weight excluding hydrogens is 326 g/mol. The first-order valence-corrected chi connectivity index (χ1v) is 7.70. The number of nitrogens with one attached hydrogen (secondary N) is 1. The molecule has 2 aromatic carbocycles. The predicted molar refractivity (Wildman–Crippen MR) is 89.4 cm³/mol. The Labute approximate surface area is 145 Å². The molecule has 0 saturated carbocycles. The zero-order valence-electron chi connectivity index (χ0n) is 13.9. The van der Waals surface area contributed by atoms with E-state index in [0.717, 1.165) is 0 Å². The molecule has 1 amide bonds. The molecule has 1 atom stereocenters. The van der Waals surface area contributed by atoms with Gasteiger partial charge in [-0.15, -0.1) is 0 Å². The van der Waals surface area contributed by atoms with Crippen LogP contribution in [0.25, 0.3) is 0 Å². The smallest absolute Gasteiger partial charge is 0.251 e. The van der Waals surface area contributed by atoms with Gasteiger partial charge in [-0.3, -0.25) is 4.79 Å². The Balaban J connectivity index is 1.63. The third-order valence-corrected chi connectivity index (χ3v) is 3.88. The van der Waals surface area contributed by atoms with Crippen molar-refractivity contribution >= 4 is 5.91 Å². The van der Waals surface area contributed by atoms with Gasteiger partial charge >= 0.3 is 0 Å². The molecule has 132 valence electrons. The fraction of sp³-hybridized carbons (Fsp3) is 0.278. The maximum atomic E-state index is 12.2. The molecule has 3 rings (SSSR count). The molecule has 7 nitrogen and oxygen atoms in total. The standard InChI is InChI=1S/C18H19NO6/c1-22-14-5-3-11(7-16(14)23-2)13(20)9-19-18(21)12-4-6-15-17(8-12)25-10-24-15/h3-8,13,20H,9-10H2,1-2H3,(H,19,21)/t13-/m1/s1. The van der Waals surface area contributed by atoms with Gasteiger partial charge in [-0.1, -0.05) is 6.07 Å². The van der Waals surface area contributed by atoms with Crippen molar-refractivity contribution in [1.29, 1.82) is 0 Å². The minimum atomic E-state index is -0.877. The predicted octanol–water partition coefficient (Wildman–Crippen LogP) is 1.90. The number of methoxy groups -OCH3 is 2. The fourth-order valence-corrected chi connectivity index (χ4v) is 2.51. The van der Waals surface area contributed by atoms with Crippen LogP contribution in [-0.2, 0) is 0 Å². The van der Waals surface area contributed by atoms with Crippen LogP contribution in [0.2, 0.25) is 0 Å². The van der Waals surface area contributed by atoms with Gasteiger partial charge < -0.3 is 29.4 Å². The van der Waals surface area contributed by atoms with Gasteiger partial charge in [0.05, 0.1) is 20.3 Å². The Hall–Kier alpha value is -2.93. The molecule has 0 aliphatic carbocycles. The van der Waals surface area contributed by atoms with Crippen LogP contribution in [0.15, 0.2) is 36.4 Å². The summed E-state index contributed by atoms with van der Waals surface area (Å²) in [5.41, 5.74) is 1.05. The van der Waals surface area contributed by atoms with Crippen molar-refractivity contribution in [2.24, 2.45) is 0 Å². The number of aliphatic hydroxyl groups is 1. The molecular formula is C18H19NO6. The van der Waals surface area contributed by atoms with Crippen LogP contribution in [0.5, 0.6) is 23.0 Å². The highest BCUT2D eigenvalue weighted by Gasteiger charge is 2.17. The second-order valence-electron chi connectivity index (χ2n) is 5.41. The lowest BCUT2D eigenvalue weighted by Gasteiger charge is -2.15. The van der Waals surface area contributed by atoms with Crippen LogP contribution < -0.4 is 24.3 Å². The highest BCUT2D eigenvalue weighted by Crippen LogP contribution is 2.32. The minimum Gasteiger partial charge on any atom is -0.493 e. The number of amides is 1. The van der Waals surface area contributed by atoms with E-state index in [0.29, 0.717) is 34.1 Å². The normalized spacial score (nSPS) is 13.2. The molecule has 1 aliphatic rings. The van der Waals surface area contributed by atoms with E-state index in [9.17, 15) is 9.90 Å². The third kappa shape index (κ3) is 3.61. The largest absolute Gasteiger partial charge is 0.493 e. The number of benzene rings is 2. The van der Waals surface area contributed by atoms with E-state index in [4.69, 9.17) is 18.9 Å². The first kappa shape index (κ1) is 16.9. The maximum absolute atomic E-state index is 12.2. The topological polar surface area (TPSA) is 86.3 Å². The minimum absolute atomic E-state index is 0.0583. The van der Waals surface area contributed by atoms with Gasteiger partial charge in [0.25, 0.3) is 5.91 Å². The molecule has 2 aromatic rings.